The number of nitrogens with one attached hydrogen (secondary N) is 1. The monoisotopic (exact) mass is 235 g/mol. The van der Waals surface area contributed by atoms with Crippen LogP contribution in [0.2, 0.25) is 0 Å². The third kappa shape index (κ3) is 2.62. The Kier molecular flexibility index (Phi) is 3.13. The molecule has 1 aliphatic rings. The Morgan fingerprint density at radius 1 is 1.59 bits per heavy atom. The lowest BCUT2D eigenvalue weighted by atomic mass is 10.0. The molecule has 1 aromatic rings. The number of nitrogens with zero attached hydrogens (tertiary/aromatic N) is 1. The van der Waals surface area contributed by atoms with E-state index in [4.69, 9.17) is 5.73 Å². The summed E-state index contributed by atoms with van der Waals surface area (Å²) in [5.41, 5.74) is 7.31. The third-order valence-corrected chi connectivity index (χ3v) is 3.62. The van der Waals surface area contributed by atoms with E-state index in [2.05, 4.69) is 12.2 Å². The molecule has 4 heteroatoms. The number of amides is 1. The van der Waals surface area contributed by atoms with Crippen molar-refractivity contribution in [3.8, 4) is 0 Å². The van der Waals surface area contributed by atoms with Crippen LogP contribution in [0.15, 0.2) is 12.3 Å². The van der Waals surface area contributed by atoms with Crippen LogP contribution < -0.4 is 11.1 Å². The van der Waals surface area contributed by atoms with Crippen LogP contribution >= 0.6 is 0 Å². The fourth-order valence-electron chi connectivity index (χ4n) is 2.40. The fraction of sp³-hybridized carbons (Fsp3) is 0.615. The molecule has 0 atom stereocenters. The highest BCUT2D eigenvalue weighted by molar-refractivity contribution is 5.93. The quantitative estimate of drug-likeness (QED) is 0.819. The van der Waals surface area contributed by atoms with Crippen LogP contribution in [0.25, 0.3) is 0 Å². The first-order chi connectivity index (χ1) is 8.06. The zero-order valence-corrected chi connectivity index (χ0v) is 10.6. The summed E-state index contributed by atoms with van der Waals surface area (Å²) in [6.07, 6.45) is 6.65. The van der Waals surface area contributed by atoms with Gasteiger partial charge in [0, 0.05) is 19.8 Å². The Balaban J connectivity index is 1.92. The van der Waals surface area contributed by atoms with Gasteiger partial charge in [-0.2, -0.15) is 0 Å². The molecule has 2 rings (SSSR count). The molecule has 0 saturated heterocycles. The van der Waals surface area contributed by atoms with Crippen molar-refractivity contribution >= 4 is 11.6 Å². The molecule has 0 radical (unpaired) electrons. The third-order valence-electron chi connectivity index (χ3n) is 3.62. The van der Waals surface area contributed by atoms with Crippen LogP contribution in [0.1, 0.15) is 43.1 Å². The van der Waals surface area contributed by atoms with E-state index in [1.165, 1.54) is 25.7 Å². The summed E-state index contributed by atoms with van der Waals surface area (Å²) in [5, 5.41) is 3.03. The number of nitrogens with two attached hydrogens (primary N) is 1. The second-order valence-corrected chi connectivity index (χ2v) is 5.20. The van der Waals surface area contributed by atoms with Crippen molar-refractivity contribution in [2.75, 3.05) is 12.3 Å². The summed E-state index contributed by atoms with van der Waals surface area (Å²) >= 11 is 0. The van der Waals surface area contributed by atoms with Gasteiger partial charge < -0.3 is 15.6 Å². The predicted molar refractivity (Wildman–Crippen MR) is 68.7 cm³/mol. The molecule has 4 nitrogen and oxygen atoms in total. The number of carbonyl (C=O) groups excluding carboxylic acids is 1. The Labute approximate surface area is 102 Å². The van der Waals surface area contributed by atoms with Crippen LogP contribution in [0, 0.1) is 5.41 Å². The van der Waals surface area contributed by atoms with E-state index in [9.17, 15) is 4.79 Å². The summed E-state index contributed by atoms with van der Waals surface area (Å²) in [6, 6.07) is 1.72. The summed E-state index contributed by atoms with van der Waals surface area (Å²) in [5.74, 6) is -0.0217. The molecule has 3 N–H and O–H groups in total. The first-order valence-electron chi connectivity index (χ1n) is 6.26. The van der Waals surface area contributed by atoms with E-state index in [1.807, 2.05) is 7.05 Å². The predicted octanol–water partition coefficient (Wildman–Crippen LogP) is 1.92. The first-order valence-corrected chi connectivity index (χ1v) is 6.26. The lowest BCUT2D eigenvalue weighted by Crippen LogP contribution is -2.31. The Bertz CT molecular complexity index is 418. The van der Waals surface area contributed by atoms with Crippen LogP contribution in [0.5, 0.6) is 0 Å². The maximum absolute atomic E-state index is 12.0. The lowest BCUT2D eigenvalue weighted by molar-refractivity contribution is 0.0935. The molecule has 1 amide bonds. The molecule has 0 unspecified atom stereocenters. The van der Waals surface area contributed by atoms with Crippen molar-refractivity contribution in [3.63, 3.8) is 0 Å². The van der Waals surface area contributed by atoms with Crippen molar-refractivity contribution in [3.05, 3.63) is 18.0 Å². The maximum atomic E-state index is 12.0. The molecule has 1 saturated carbocycles. The second kappa shape index (κ2) is 4.43. The average Bonchev–Trinajstić information content (AvgIpc) is 2.95. The van der Waals surface area contributed by atoms with Crippen molar-refractivity contribution in [2.24, 2.45) is 12.5 Å². The molecule has 0 bridgehead atoms. The van der Waals surface area contributed by atoms with Gasteiger partial charge in [0.15, 0.2) is 0 Å². The number of carbonyl (C=O) groups is 1. The largest absolute Gasteiger partial charge is 0.397 e. The molecule has 0 aromatic carbocycles. The van der Waals surface area contributed by atoms with Gasteiger partial charge in [0.25, 0.3) is 5.91 Å². The molecular formula is C13H21N3O. The Morgan fingerprint density at radius 2 is 2.29 bits per heavy atom. The van der Waals surface area contributed by atoms with Gasteiger partial charge >= 0.3 is 0 Å². The molecule has 1 heterocycles. The molecule has 1 aromatic heterocycles. The highest BCUT2D eigenvalue weighted by Gasteiger charge is 2.41. The van der Waals surface area contributed by atoms with Crippen LogP contribution in [0.4, 0.5) is 5.69 Å². The SMILES string of the molecule is CCCC1(CNC(=O)c2cc(N)cn2C)CC1. The second-order valence-electron chi connectivity index (χ2n) is 5.20. The molecule has 94 valence electrons. The number of anilines is 1. The van der Waals surface area contributed by atoms with Gasteiger partial charge in [0.2, 0.25) is 0 Å². The normalized spacial score (nSPS) is 16.8. The molecule has 17 heavy (non-hydrogen) atoms. The topological polar surface area (TPSA) is 60.1 Å². The van der Waals surface area contributed by atoms with Crippen molar-refractivity contribution < 1.29 is 4.79 Å². The summed E-state index contributed by atoms with van der Waals surface area (Å²) in [7, 11) is 1.84. The van der Waals surface area contributed by atoms with Crippen LogP contribution in [-0.2, 0) is 7.05 Å². The Hall–Kier alpha value is -1.45. The molecule has 0 spiro atoms. The van der Waals surface area contributed by atoms with Gasteiger partial charge in [-0.25, -0.2) is 0 Å². The highest BCUT2D eigenvalue weighted by Crippen LogP contribution is 2.48. The van der Waals surface area contributed by atoms with E-state index in [-0.39, 0.29) is 5.91 Å². The number of nitrogen functional groups attached to an aromatic ring is 1. The van der Waals surface area contributed by atoms with Crippen molar-refractivity contribution in [1.82, 2.24) is 9.88 Å². The van der Waals surface area contributed by atoms with Gasteiger partial charge in [0.1, 0.15) is 5.69 Å². The van der Waals surface area contributed by atoms with Crippen molar-refractivity contribution in [2.45, 2.75) is 32.6 Å². The van der Waals surface area contributed by atoms with Gasteiger partial charge in [-0.1, -0.05) is 13.3 Å². The van der Waals surface area contributed by atoms with Gasteiger partial charge in [-0.15, -0.1) is 0 Å². The fourth-order valence-corrected chi connectivity index (χ4v) is 2.40. The number of hydrogen-bond acceptors (Lipinski definition) is 2. The van der Waals surface area contributed by atoms with E-state index in [0.717, 1.165) is 6.54 Å². The van der Waals surface area contributed by atoms with E-state index in [1.54, 1.807) is 16.8 Å². The smallest absolute Gasteiger partial charge is 0.267 e. The molecule has 1 aliphatic carbocycles. The van der Waals surface area contributed by atoms with Gasteiger partial charge in [-0.05, 0) is 30.7 Å². The highest BCUT2D eigenvalue weighted by atomic mass is 16.1. The summed E-state index contributed by atoms with van der Waals surface area (Å²) < 4.78 is 1.77. The number of aromatic nitrogens is 1. The van der Waals surface area contributed by atoms with E-state index < -0.39 is 0 Å². The molecular weight excluding hydrogens is 214 g/mol. The zero-order chi connectivity index (χ0) is 12.5. The van der Waals surface area contributed by atoms with E-state index in [0.29, 0.717) is 16.8 Å². The van der Waals surface area contributed by atoms with E-state index >= 15 is 0 Å². The maximum Gasteiger partial charge on any atom is 0.267 e. The average molecular weight is 235 g/mol. The molecule has 0 aliphatic heterocycles. The molecule has 1 fully saturated rings. The number of aryl methyl sites for hydroxylation is 1. The Morgan fingerprint density at radius 3 is 2.76 bits per heavy atom. The van der Waals surface area contributed by atoms with Crippen LogP contribution in [-0.4, -0.2) is 17.0 Å². The minimum Gasteiger partial charge on any atom is -0.397 e. The van der Waals surface area contributed by atoms with Gasteiger partial charge in [0.05, 0.1) is 5.69 Å². The zero-order valence-electron chi connectivity index (χ0n) is 10.6. The van der Waals surface area contributed by atoms with Crippen molar-refractivity contribution in [1.29, 1.82) is 0 Å². The van der Waals surface area contributed by atoms with Gasteiger partial charge in [-0.3, -0.25) is 4.79 Å². The standard InChI is InChI=1S/C13H21N3O/c1-3-4-13(5-6-13)9-15-12(17)11-7-10(14)8-16(11)2/h7-8H,3-6,9,14H2,1-2H3,(H,15,17). The summed E-state index contributed by atoms with van der Waals surface area (Å²) in [6.45, 7) is 2.99. The number of hydrogen-bond donors (Lipinski definition) is 2. The summed E-state index contributed by atoms with van der Waals surface area (Å²) in [4.78, 5) is 12.0. The lowest BCUT2D eigenvalue weighted by Gasteiger charge is -2.14. The minimum atomic E-state index is -0.0217. The van der Waals surface area contributed by atoms with Crippen LogP contribution in [0.3, 0.4) is 0 Å². The minimum absolute atomic E-state index is 0.0217. The first kappa shape index (κ1) is 12.0. The number of rotatable bonds is 5.